The molecular weight excluding hydrogens is 430 g/mol. The molecule has 0 atom stereocenters. The number of carbonyl (C=O) groups is 2. The molecule has 2 heterocycles. The molecule has 162 valence electrons. The number of hydrogen-bond acceptors (Lipinski definition) is 6. The Hall–Kier alpha value is -3.98. The van der Waals surface area contributed by atoms with Crippen molar-refractivity contribution in [3.63, 3.8) is 0 Å². The second-order valence-electron chi connectivity index (χ2n) is 7.07. The highest BCUT2D eigenvalue weighted by Crippen LogP contribution is 2.37. The summed E-state index contributed by atoms with van der Waals surface area (Å²) in [5, 5.41) is 2.56. The Morgan fingerprint density at radius 2 is 1.66 bits per heavy atom. The molecule has 9 heteroatoms. The molecule has 8 nitrogen and oxygen atoms in total. The molecule has 0 spiro atoms. The maximum absolute atomic E-state index is 13.1. The third-order valence-corrected chi connectivity index (χ3v) is 6.72. The summed E-state index contributed by atoms with van der Waals surface area (Å²) in [5.41, 5.74) is 1.03. The summed E-state index contributed by atoms with van der Waals surface area (Å²) in [6, 6.07) is 17.7. The van der Waals surface area contributed by atoms with Gasteiger partial charge in [-0.2, -0.15) is 0 Å². The lowest BCUT2D eigenvalue weighted by Crippen LogP contribution is -2.38. The maximum atomic E-state index is 13.1. The Bertz CT molecular complexity index is 1330. The van der Waals surface area contributed by atoms with Crippen LogP contribution in [0.2, 0.25) is 0 Å². The SMILES string of the molecule is Cc1ccc(C(=O)OC2=C(C(=O)Nc3ccccn3)N(C)S(=O)(=O)c3ccccc32)cc1. The molecule has 1 N–H and O–H groups in total. The molecule has 3 aromatic rings. The van der Waals surface area contributed by atoms with Crippen molar-refractivity contribution in [3.05, 3.63) is 95.3 Å². The summed E-state index contributed by atoms with van der Waals surface area (Å²) in [5.74, 6) is -1.43. The minimum Gasteiger partial charge on any atom is -0.420 e. The van der Waals surface area contributed by atoms with Crippen molar-refractivity contribution in [2.24, 2.45) is 0 Å². The number of carbonyl (C=O) groups excluding carboxylic acids is 2. The van der Waals surface area contributed by atoms with Crippen LogP contribution in [0.1, 0.15) is 21.5 Å². The maximum Gasteiger partial charge on any atom is 0.343 e. The van der Waals surface area contributed by atoms with Crippen molar-refractivity contribution >= 4 is 33.5 Å². The van der Waals surface area contributed by atoms with E-state index in [-0.39, 0.29) is 33.3 Å². The van der Waals surface area contributed by atoms with Gasteiger partial charge in [0.1, 0.15) is 5.82 Å². The van der Waals surface area contributed by atoms with E-state index in [2.05, 4.69) is 10.3 Å². The molecule has 2 aromatic carbocycles. The van der Waals surface area contributed by atoms with Gasteiger partial charge in [-0.1, -0.05) is 35.9 Å². The number of anilines is 1. The van der Waals surface area contributed by atoms with Gasteiger partial charge in [0, 0.05) is 18.8 Å². The fraction of sp³-hybridized carbons (Fsp3) is 0.0870. The number of nitrogens with one attached hydrogen (secondary N) is 1. The highest BCUT2D eigenvalue weighted by atomic mass is 32.2. The number of fused-ring (bicyclic) bond motifs is 1. The summed E-state index contributed by atoms with van der Waals surface area (Å²) in [7, 11) is -2.81. The predicted octanol–water partition coefficient (Wildman–Crippen LogP) is 3.19. The van der Waals surface area contributed by atoms with E-state index < -0.39 is 21.9 Å². The zero-order valence-corrected chi connectivity index (χ0v) is 18.1. The molecule has 0 saturated heterocycles. The first-order valence-corrected chi connectivity index (χ1v) is 11.1. The van der Waals surface area contributed by atoms with Crippen LogP contribution < -0.4 is 5.32 Å². The summed E-state index contributed by atoms with van der Waals surface area (Å²) >= 11 is 0. The average Bonchev–Trinajstić information content (AvgIpc) is 2.79. The topological polar surface area (TPSA) is 106 Å². The predicted molar refractivity (Wildman–Crippen MR) is 118 cm³/mol. The molecule has 1 amide bonds. The molecule has 4 rings (SSSR count). The second kappa shape index (κ2) is 8.27. The zero-order valence-electron chi connectivity index (χ0n) is 17.3. The summed E-state index contributed by atoms with van der Waals surface area (Å²) in [6.07, 6.45) is 1.49. The number of nitrogens with zero attached hydrogens (tertiary/aromatic N) is 2. The molecule has 1 aliphatic rings. The van der Waals surface area contributed by atoms with Crippen LogP contribution in [0.5, 0.6) is 0 Å². The molecule has 0 radical (unpaired) electrons. The van der Waals surface area contributed by atoms with E-state index >= 15 is 0 Å². The van der Waals surface area contributed by atoms with Gasteiger partial charge < -0.3 is 10.1 Å². The monoisotopic (exact) mass is 449 g/mol. The summed E-state index contributed by atoms with van der Waals surface area (Å²) in [6.45, 7) is 1.88. The lowest BCUT2D eigenvalue weighted by Gasteiger charge is -2.30. The zero-order chi connectivity index (χ0) is 22.9. The average molecular weight is 449 g/mol. The quantitative estimate of drug-likeness (QED) is 0.614. The number of likely N-dealkylation sites (N-methyl/N-ethyl adjacent to an activating group) is 1. The number of esters is 1. The standard InChI is InChI=1S/C23H19N3O5S/c1-15-10-12-16(13-11-15)23(28)31-21-17-7-3-4-8-18(17)32(29,30)26(2)20(21)22(27)25-19-9-5-6-14-24-19/h3-14H,1-2H3,(H,24,25,27). The molecule has 0 saturated carbocycles. The lowest BCUT2D eigenvalue weighted by atomic mass is 10.1. The minimum absolute atomic E-state index is 0.0661. The fourth-order valence-corrected chi connectivity index (χ4v) is 4.61. The van der Waals surface area contributed by atoms with Crippen molar-refractivity contribution in [3.8, 4) is 0 Å². The van der Waals surface area contributed by atoms with E-state index in [1.165, 1.54) is 25.4 Å². The molecule has 0 unspecified atom stereocenters. The molecular formula is C23H19N3O5S. The van der Waals surface area contributed by atoms with Crippen LogP contribution in [0, 0.1) is 6.92 Å². The van der Waals surface area contributed by atoms with Crippen molar-refractivity contribution in [1.82, 2.24) is 9.29 Å². The van der Waals surface area contributed by atoms with E-state index in [0.29, 0.717) is 0 Å². The van der Waals surface area contributed by atoms with Crippen molar-refractivity contribution in [1.29, 1.82) is 0 Å². The lowest BCUT2D eigenvalue weighted by molar-refractivity contribution is -0.113. The van der Waals surface area contributed by atoms with Crippen LogP contribution >= 0.6 is 0 Å². The van der Waals surface area contributed by atoms with Crippen LogP contribution in [0.4, 0.5) is 5.82 Å². The largest absolute Gasteiger partial charge is 0.420 e. The van der Waals surface area contributed by atoms with Crippen LogP contribution in [0.3, 0.4) is 0 Å². The number of ether oxygens (including phenoxy) is 1. The van der Waals surface area contributed by atoms with Crippen LogP contribution in [0.15, 0.2) is 83.5 Å². The summed E-state index contributed by atoms with van der Waals surface area (Å²) < 4.78 is 32.6. The summed E-state index contributed by atoms with van der Waals surface area (Å²) in [4.78, 5) is 30.0. The number of rotatable bonds is 4. The highest BCUT2D eigenvalue weighted by Gasteiger charge is 2.39. The minimum atomic E-state index is -4.04. The number of sulfonamides is 1. The van der Waals surface area contributed by atoms with Crippen LogP contribution in [0.25, 0.3) is 5.76 Å². The van der Waals surface area contributed by atoms with E-state index in [0.717, 1.165) is 9.87 Å². The van der Waals surface area contributed by atoms with Gasteiger partial charge >= 0.3 is 5.97 Å². The number of amides is 1. The van der Waals surface area contributed by atoms with Crippen molar-refractivity contribution in [2.45, 2.75) is 11.8 Å². The molecule has 1 aliphatic heterocycles. The van der Waals surface area contributed by atoms with Crippen LogP contribution in [-0.4, -0.2) is 36.6 Å². The van der Waals surface area contributed by atoms with E-state index in [9.17, 15) is 18.0 Å². The van der Waals surface area contributed by atoms with Gasteiger partial charge in [-0.3, -0.25) is 9.10 Å². The van der Waals surface area contributed by atoms with Gasteiger partial charge in [0.05, 0.1) is 10.5 Å². The molecule has 0 fully saturated rings. The first kappa shape index (κ1) is 21.3. The third kappa shape index (κ3) is 3.85. The fourth-order valence-electron chi connectivity index (χ4n) is 3.22. The Morgan fingerprint density at radius 3 is 2.34 bits per heavy atom. The Kier molecular flexibility index (Phi) is 5.50. The smallest absolute Gasteiger partial charge is 0.343 e. The normalized spacial score (nSPS) is 14.5. The molecule has 1 aromatic heterocycles. The van der Waals surface area contributed by atoms with Gasteiger partial charge in [0.25, 0.3) is 15.9 Å². The third-order valence-electron chi connectivity index (χ3n) is 4.90. The number of pyridine rings is 1. The van der Waals surface area contributed by atoms with Crippen molar-refractivity contribution < 1.29 is 22.7 Å². The Morgan fingerprint density at radius 1 is 0.969 bits per heavy atom. The van der Waals surface area contributed by atoms with Gasteiger partial charge in [0.2, 0.25) is 0 Å². The number of benzene rings is 2. The van der Waals surface area contributed by atoms with Crippen LogP contribution in [-0.2, 0) is 19.6 Å². The highest BCUT2D eigenvalue weighted by molar-refractivity contribution is 7.89. The van der Waals surface area contributed by atoms with Gasteiger partial charge in [0.15, 0.2) is 11.5 Å². The number of aromatic nitrogens is 1. The molecule has 32 heavy (non-hydrogen) atoms. The number of hydrogen-bond donors (Lipinski definition) is 1. The first-order chi connectivity index (χ1) is 15.3. The Balaban J connectivity index is 1.84. The van der Waals surface area contributed by atoms with Gasteiger partial charge in [-0.05, 0) is 43.3 Å². The molecule has 0 aliphatic carbocycles. The van der Waals surface area contributed by atoms with Gasteiger partial charge in [-0.25, -0.2) is 18.2 Å². The van der Waals surface area contributed by atoms with Gasteiger partial charge in [-0.15, -0.1) is 0 Å². The molecule has 0 bridgehead atoms. The van der Waals surface area contributed by atoms with E-state index in [4.69, 9.17) is 4.74 Å². The second-order valence-corrected chi connectivity index (χ2v) is 9.01. The first-order valence-electron chi connectivity index (χ1n) is 9.63. The van der Waals surface area contributed by atoms with E-state index in [1.54, 1.807) is 54.6 Å². The Labute approximate surface area is 185 Å². The van der Waals surface area contributed by atoms with Crippen molar-refractivity contribution in [2.75, 3.05) is 12.4 Å². The number of aryl methyl sites for hydroxylation is 1. The van der Waals surface area contributed by atoms with E-state index in [1.807, 2.05) is 6.92 Å².